The van der Waals surface area contributed by atoms with Gasteiger partial charge >= 0.3 is 6.61 Å². The quantitative estimate of drug-likeness (QED) is 0.771. The number of alkyl halides is 2. The molecule has 1 aromatic heterocycles. The first-order valence-electron chi connectivity index (χ1n) is 8.83. The van der Waals surface area contributed by atoms with Crippen LogP contribution in [0, 0.1) is 6.92 Å². The molecular formula is C19H21F2N3O3. The Morgan fingerprint density at radius 3 is 2.56 bits per heavy atom. The topological polar surface area (TPSA) is 77.2 Å². The molecule has 27 heavy (non-hydrogen) atoms. The number of aryl methyl sites for hydroxylation is 1. The second-order valence-corrected chi connectivity index (χ2v) is 6.55. The van der Waals surface area contributed by atoms with E-state index in [1.807, 2.05) is 0 Å². The van der Waals surface area contributed by atoms with Gasteiger partial charge in [-0.1, -0.05) is 36.6 Å². The maximum absolute atomic E-state index is 12.5. The second-order valence-electron chi connectivity index (χ2n) is 6.55. The molecule has 144 valence electrons. The first-order valence-corrected chi connectivity index (χ1v) is 8.83. The molecule has 0 atom stereocenters. The summed E-state index contributed by atoms with van der Waals surface area (Å²) in [7, 11) is 0. The van der Waals surface area contributed by atoms with Gasteiger partial charge in [0.2, 0.25) is 11.8 Å². The number of benzene rings is 1. The van der Waals surface area contributed by atoms with Crippen LogP contribution in [0.3, 0.4) is 0 Å². The van der Waals surface area contributed by atoms with E-state index in [1.165, 1.54) is 18.2 Å². The number of carbonyl (C=O) groups excluding carboxylic acids is 1. The van der Waals surface area contributed by atoms with Crippen molar-refractivity contribution in [1.82, 2.24) is 15.5 Å². The molecule has 0 aliphatic heterocycles. The third-order valence-corrected chi connectivity index (χ3v) is 4.56. The number of nitrogens with one attached hydrogen (secondary N) is 1. The second kappa shape index (κ2) is 8.28. The Bertz CT molecular complexity index is 797. The minimum Gasteiger partial charge on any atom is -0.435 e. The van der Waals surface area contributed by atoms with Crippen molar-refractivity contribution in [2.75, 3.05) is 0 Å². The van der Waals surface area contributed by atoms with Gasteiger partial charge in [0, 0.05) is 13.0 Å². The van der Waals surface area contributed by atoms with Crippen LogP contribution < -0.4 is 10.1 Å². The van der Waals surface area contributed by atoms with Gasteiger partial charge in [0.15, 0.2) is 5.82 Å². The van der Waals surface area contributed by atoms with E-state index in [9.17, 15) is 13.6 Å². The van der Waals surface area contributed by atoms with Crippen molar-refractivity contribution in [3.63, 3.8) is 0 Å². The van der Waals surface area contributed by atoms with Crippen molar-refractivity contribution in [3.05, 3.63) is 47.6 Å². The monoisotopic (exact) mass is 377 g/mol. The van der Waals surface area contributed by atoms with E-state index >= 15 is 0 Å². The molecule has 0 spiro atoms. The van der Waals surface area contributed by atoms with Crippen LogP contribution in [-0.4, -0.2) is 22.7 Å². The largest absolute Gasteiger partial charge is 0.435 e. The highest BCUT2D eigenvalue weighted by Gasteiger charge is 2.39. The Morgan fingerprint density at radius 1 is 1.26 bits per heavy atom. The minimum atomic E-state index is -2.86. The lowest BCUT2D eigenvalue weighted by molar-refractivity contribution is -0.119. The van der Waals surface area contributed by atoms with Crippen LogP contribution in [0.5, 0.6) is 5.75 Å². The van der Waals surface area contributed by atoms with E-state index in [-0.39, 0.29) is 11.7 Å². The van der Waals surface area contributed by atoms with Crippen LogP contribution in [0.4, 0.5) is 8.78 Å². The van der Waals surface area contributed by atoms with E-state index in [0.717, 1.165) is 32.1 Å². The van der Waals surface area contributed by atoms with E-state index in [0.29, 0.717) is 17.3 Å². The molecule has 0 bridgehead atoms. The molecule has 2 aromatic rings. The highest BCUT2D eigenvalue weighted by atomic mass is 19.3. The summed E-state index contributed by atoms with van der Waals surface area (Å²) >= 11 is 0. The summed E-state index contributed by atoms with van der Waals surface area (Å²) in [6, 6.07) is 6.05. The number of aromatic nitrogens is 2. The van der Waals surface area contributed by atoms with Gasteiger partial charge < -0.3 is 14.6 Å². The number of rotatable bonds is 6. The molecule has 8 heteroatoms. The van der Waals surface area contributed by atoms with Crippen molar-refractivity contribution < 1.29 is 22.8 Å². The summed E-state index contributed by atoms with van der Waals surface area (Å²) in [5.41, 5.74) is 0.0757. The van der Waals surface area contributed by atoms with Crippen molar-refractivity contribution >= 4 is 12.0 Å². The summed E-state index contributed by atoms with van der Waals surface area (Å²) in [5.74, 6) is 0.772. The Balaban J connectivity index is 1.68. The van der Waals surface area contributed by atoms with E-state index in [4.69, 9.17) is 4.52 Å². The van der Waals surface area contributed by atoms with Crippen LogP contribution in [0.15, 0.2) is 34.9 Å². The molecule has 1 saturated carbocycles. The standard InChI is InChI=1S/C19H21F2N3O3/c1-13-22-17(24-27-13)19(11-3-2-4-12-19)23-16(25)10-7-14-5-8-15(9-6-14)26-18(20)21/h5-10,18H,2-4,11-12H2,1H3,(H,23,25)/b10-7+. The van der Waals surface area contributed by atoms with Crippen molar-refractivity contribution in [2.45, 2.75) is 51.2 Å². The summed E-state index contributed by atoms with van der Waals surface area (Å²) < 4.78 is 33.7. The van der Waals surface area contributed by atoms with Gasteiger partial charge in [0.25, 0.3) is 0 Å². The average molecular weight is 377 g/mol. The van der Waals surface area contributed by atoms with E-state index in [1.54, 1.807) is 25.1 Å². The zero-order valence-electron chi connectivity index (χ0n) is 15.0. The molecule has 1 aliphatic rings. The molecule has 1 N–H and O–H groups in total. The Kier molecular flexibility index (Phi) is 5.83. The summed E-state index contributed by atoms with van der Waals surface area (Å²) in [5, 5.41) is 7.05. The smallest absolute Gasteiger partial charge is 0.387 e. The molecule has 3 rings (SSSR count). The van der Waals surface area contributed by atoms with Crippen molar-refractivity contribution in [3.8, 4) is 5.75 Å². The Hall–Kier alpha value is -2.77. The maximum Gasteiger partial charge on any atom is 0.387 e. The lowest BCUT2D eigenvalue weighted by Gasteiger charge is -2.34. The fourth-order valence-electron chi connectivity index (χ4n) is 3.26. The zero-order chi connectivity index (χ0) is 19.3. The summed E-state index contributed by atoms with van der Waals surface area (Å²) in [4.78, 5) is 16.8. The summed E-state index contributed by atoms with van der Waals surface area (Å²) in [6.07, 6.45) is 7.59. The lowest BCUT2D eigenvalue weighted by atomic mass is 9.81. The molecule has 0 unspecified atom stereocenters. The van der Waals surface area contributed by atoms with Gasteiger partial charge in [-0.3, -0.25) is 4.79 Å². The van der Waals surface area contributed by atoms with Crippen LogP contribution in [0.1, 0.15) is 49.4 Å². The number of nitrogens with zero attached hydrogens (tertiary/aromatic N) is 2. The van der Waals surface area contributed by atoms with Crippen LogP contribution in [0.25, 0.3) is 6.08 Å². The van der Waals surface area contributed by atoms with Crippen LogP contribution in [0.2, 0.25) is 0 Å². The van der Waals surface area contributed by atoms with Crippen molar-refractivity contribution in [1.29, 1.82) is 0 Å². The molecule has 0 saturated heterocycles. The third kappa shape index (κ3) is 4.90. The molecule has 0 radical (unpaired) electrons. The number of ether oxygens (including phenoxy) is 1. The van der Waals surface area contributed by atoms with Crippen LogP contribution in [-0.2, 0) is 10.3 Å². The maximum atomic E-state index is 12.5. The molecule has 1 aliphatic carbocycles. The lowest BCUT2D eigenvalue weighted by Crippen LogP contribution is -2.47. The third-order valence-electron chi connectivity index (χ3n) is 4.56. The number of hydrogen-bond donors (Lipinski definition) is 1. The first-order chi connectivity index (χ1) is 13.0. The van der Waals surface area contributed by atoms with Crippen LogP contribution >= 0.6 is 0 Å². The first kappa shape index (κ1) is 19.0. The molecular weight excluding hydrogens is 356 g/mol. The fourth-order valence-corrected chi connectivity index (χ4v) is 3.26. The van der Waals surface area contributed by atoms with Gasteiger partial charge in [-0.25, -0.2) is 0 Å². The predicted molar refractivity (Wildman–Crippen MR) is 94.0 cm³/mol. The predicted octanol–water partition coefficient (Wildman–Crippen LogP) is 3.97. The molecule has 1 fully saturated rings. The van der Waals surface area contributed by atoms with Crippen molar-refractivity contribution in [2.24, 2.45) is 0 Å². The highest BCUT2D eigenvalue weighted by molar-refractivity contribution is 5.92. The van der Waals surface area contributed by atoms with E-state index < -0.39 is 12.2 Å². The molecule has 1 amide bonds. The zero-order valence-corrected chi connectivity index (χ0v) is 15.0. The number of carbonyl (C=O) groups is 1. The van der Waals surface area contributed by atoms with Gasteiger partial charge in [-0.05, 0) is 36.6 Å². The van der Waals surface area contributed by atoms with Gasteiger partial charge in [0.05, 0.1) is 0 Å². The fraction of sp³-hybridized carbons (Fsp3) is 0.421. The van der Waals surface area contributed by atoms with Gasteiger partial charge in [0.1, 0.15) is 11.3 Å². The van der Waals surface area contributed by atoms with Gasteiger partial charge in [-0.2, -0.15) is 13.8 Å². The highest BCUT2D eigenvalue weighted by Crippen LogP contribution is 2.35. The van der Waals surface area contributed by atoms with Gasteiger partial charge in [-0.15, -0.1) is 0 Å². The SMILES string of the molecule is Cc1nc(C2(NC(=O)/C=C/c3ccc(OC(F)F)cc3)CCCCC2)no1. The number of halogens is 2. The molecule has 1 aromatic carbocycles. The molecule has 6 nitrogen and oxygen atoms in total. The normalized spacial score (nSPS) is 16.6. The molecule has 1 heterocycles. The average Bonchev–Trinajstić information content (AvgIpc) is 3.09. The number of hydrogen-bond acceptors (Lipinski definition) is 5. The Morgan fingerprint density at radius 2 is 1.96 bits per heavy atom. The van der Waals surface area contributed by atoms with E-state index in [2.05, 4.69) is 20.2 Å². The summed E-state index contributed by atoms with van der Waals surface area (Å²) in [6.45, 7) is -1.14. The minimum absolute atomic E-state index is 0.0697. The Labute approximate surface area is 155 Å². The number of amides is 1.